The summed E-state index contributed by atoms with van der Waals surface area (Å²) in [7, 11) is 0. The van der Waals surface area contributed by atoms with Crippen LogP contribution >= 0.6 is 11.3 Å². The number of halogens is 1. The summed E-state index contributed by atoms with van der Waals surface area (Å²) in [5.41, 5.74) is 2.81. The predicted molar refractivity (Wildman–Crippen MR) is 79.0 cm³/mol. The summed E-state index contributed by atoms with van der Waals surface area (Å²) >= 11 is 1.70. The van der Waals surface area contributed by atoms with Crippen LogP contribution in [-0.2, 0) is 13.0 Å². The number of aromatic nitrogens is 1. The standard InChI is InChI=1S/C15H19FN2S/c1-4-13-14(9-17-5-2)19-15(18-13)11-6-7-12(16)10(3)8-11/h6-8,17H,4-5,9H2,1-3H3. The molecule has 0 radical (unpaired) electrons. The van der Waals surface area contributed by atoms with Gasteiger partial charge in [-0.2, -0.15) is 0 Å². The second-order valence-electron chi connectivity index (χ2n) is 4.49. The molecular weight excluding hydrogens is 259 g/mol. The number of nitrogens with one attached hydrogen (secondary N) is 1. The highest BCUT2D eigenvalue weighted by Gasteiger charge is 2.11. The lowest BCUT2D eigenvalue weighted by Crippen LogP contribution is -2.11. The topological polar surface area (TPSA) is 24.9 Å². The van der Waals surface area contributed by atoms with Crippen LogP contribution < -0.4 is 5.32 Å². The SMILES string of the molecule is CCNCc1sc(-c2ccc(F)c(C)c2)nc1CC. The van der Waals surface area contributed by atoms with Crippen LogP contribution in [-0.4, -0.2) is 11.5 Å². The molecule has 0 bridgehead atoms. The van der Waals surface area contributed by atoms with E-state index >= 15 is 0 Å². The summed E-state index contributed by atoms with van der Waals surface area (Å²) in [4.78, 5) is 5.96. The van der Waals surface area contributed by atoms with Gasteiger partial charge in [-0.15, -0.1) is 11.3 Å². The quantitative estimate of drug-likeness (QED) is 0.896. The second kappa shape index (κ2) is 6.26. The molecule has 1 N–H and O–H groups in total. The lowest BCUT2D eigenvalue weighted by Gasteiger charge is -1.99. The number of hydrogen-bond acceptors (Lipinski definition) is 3. The molecule has 1 heterocycles. The number of thiazole rings is 1. The van der Waals surface area contributed by atoms with Gasteiger partial charge in [0.05, 0.1) is 5.69 Å². The Morgan fingerprint density at radius 2 is 2.11 bits per heavy atom. The van der Waals surface area contributed by atoms with Crippen LogP contribution in [0, 0.1) is 12.7 Å². The molecule has 0 saturated heterocycles. The fourth-order valence-corrected chi connectivity index (χ4v) is 3.05. The van der Waals surface area contributed by atoms with Crippen molar-refractivity contribution in [1.29, 1.82) is 0 Å². The van der Waals surface area contributed by atoms with Crippen LogP contribution in [0.5, 0.6) is 0 Å². The zero-order valence-electron chi connectivity index (χ0n) is 11.6. The van der Waals surface area contributed by atoms with Gasteiger partial charge >= 0.3 is 0 Å². The zero-order chi connectivity index (χ0) is 13.8. The molecule has 0 aliphatic rings. The van der Waals surface area contributed by atoms with Gasteiger partial charge in [-0.05, 0) is 43.7 Å². The Hall–Kier alpha value is -1.26. The fourth-order valence-electron chi connectivity index (χ4n) is 1.94. The molecule has 0 saturated carbocycles. The van der Waals surface area contributed by atoms with Gasteiger partial charge in [0.2, 0.25) is 0 Å². The van der Waals surface area contributed by atoms with Crippen LogP contribution in [0.4, 0.5) is 4.39 Å². The van der Waals surface area contributed by atoms with Crippen LogP contribution in [0.1, 0.15) is 30.0 Å². The molecule has 2 aromatic rings. The average molecular weight is 278 g/mol. The third-order valence-corrected chi connectivity index (χ3v) is 4.20. The Kier molecular flexibility index (Phi) is 4.66. The average Bonchev–Trinajstić information content (AvgIpc) is 2.82. The second-order valence-corrected chi connectivity index (χ2v) is 5.57. The lowest BCUT2D eigenvalue weighted by atomic mass is 10.1. The summed E-state index contributed by atoms with van der Waals surface area (Å²) in [6.07, 6.45) is 0.928. The summed E-state index contributed by atoms with van der Waals surface area (Å²) < 4.78 is 13.3. The lowest BCUT2D eigenvalue weighted by molar-refractivity contribution is 0.619. The predicted octanol–water partition coefficient (Wildman–Crippen LogP) is 3.93. The molecule has 2 rings (SSSR count). The van der Waals surface area contributed by atoms with Gasteiger partial charge in [0, 0.05) is 17.0 Å². The van der Waals surface area contributed by atoms with E-state index in [1.165, 1.54) is 10.9 Å². The first-order chi connectivity index (χ1) is 9.15. The molecule has 1 aromatic heterocycles. The van der Waals surface area contributed by atoms with E-state index in [0.717, 1.165) is 35.8 Å². The maximum absolute atomic E-state index is 13.3. The van der Waals surface area contributed by atoms with E-state index in [-0.39, 0.29) is 5.82 Å². The highest BCUT2D eigenvalue weighted by atomic mass is 32.1. The van der Waals surface area contributed by atoms with Crippen LogP contribution in [0.15, 0.2) is 18.2 Å². The third-order valence-electron chi connectivity index (χ3n) is 3.05. The Morgan fingerprint density at radius 1 is 1.32 bits per heavy atom. The number of aryl methyl sites for hydroxylation is 2. The Balaban J connectivity index is 2.33. The Labute approximate surface area is 117 Å². The molecule has 19 heavy (non-hydrogen) atoms. The largest absolute Gasteiger partial charge is 0.312 e. The van der Waals surface area contributed by atoms with Crippen molar-refractivity contribution >= 4 is 11.3 Å². The van der Waals surface area contributed by atoms with Crippen molar-refractivity contribution < 1.29 is 4.39 Å². The van der Waals surface area contributed by atoms with E-state index in [4.69, 9.17) is 0 Å². The van der Waals surface area contributed by atoms with Crippen molar-refractivity contribution in [2.45, 2.75) is 33.7 Å². The maximum Gasteiger partial charge on any atom is 0.126 e. The van der Waals surface area contributed by atoms with Gasteiger partial charge in [-0.3, -0.25) is 0 Å². The highest BCUT2D eigenvalue weighted by Crippen LogP contribution is 2.29. The molecule has 0 aliphatic carbocycles. The van der Waals surface area contributed by atoms with Crippen molar-refractivity contribution in [3.8, 4) is 10.6 Å². The Bertz CT molecular complexity index is 563. The number of hydrogen-bond donors (Lipinski definition) is 1. The van der Waals surface area contributed by atoms with Crippen LogP contribution in [0.25, 0.3) is 10.6 Å². The van der Waals surface area contributed by atoms with Crippen molar-refractivity contribution in [3.05, 3.63) is 40.2 Å². The smallest absolute Gasteiger partial charge is 0.126 e. The monoisotopic (exact) mass is 278 g/mol. The van der Waals surface area contributed by atoms with E-state index < -0.39 is 0 Å². The van der Waals surface area contributed by atoms with E-state index in [1.54, 1.807) is 24.3 Å². The van der Waals surface area contributed by atoms with E-state index in [9.17, 15) is 4.39 Å². The third kappa shape index (κ3) is 3.19. The van der Waals surface area contributed by atoms with Crippen LogP contribution in [0.2, 0.25) is 0 Å². The van der Waals surface area contributed by atoms with Gasteiger partial charge in [-0.1, -0.05) is 13.8 Å². The minimum atomic E-state index is -0.163. The minimum Gasteiger partial charge on any atom is -0.312 e. The fraction of sp³-hybridized carbons (Fsp3) is 0.400. The molecule has 0 fully saturated rings. The molecule has 4 heteroatoms. The molecule has 1 aromatic carbocycles. The molecule has 2 nitrogen and oxygen atoms in total. The van der Waals surface area contributed by atoms with Crippen molar-refractivity contribution in [1.82, 2.24) is 10.3 Å². The van der Waals surface area contributed by atoms with Gasteiger partial charge in [0.15, 0.2) is 0 Å². The molecule has 102 valence electrons. The van der Waals surface area contributed by atoms with Crippen molar-refractivity contribution in [2.75, 3.05) is 6.54 Å². The molecule has 0 atom stereocenters. The van der Waals surface area contributed by atoms with E-state index in [2.05, 4.69) is 24.1 Å². The van der Waals surface area contributed by atoms with Crippen LogP contribution in [0.3, 0.4) is 0 Å². The Morgan fingerprint density at radius 3 is 2.74 bits per heavy atom. The zero-order valence-corrected chi connectivity index (χ0v) is 12.4. The van der Waals surface area contributed by atoms with Gasteiger partial charge < -0.3 is 5.32 Å². The van der Waals surface area contributed by atoms with E-state index in [0.29, 0.717) is 5.56 Å². The summed E-state index contributed by atoms with van der Waals surface area (Å²) in [5.74, 6) is -0.163. The first-order valence-corrected chi connectivity index (χ1v) is 7.43. The number of benzene rings is 1. The van der Waals surface area contributed by atoms with Gasteiger partial charge in [0.1, 0.15) is 10.8 Å². The normalized spacial score (nSPS) is 10.9. The van der Waals surface area contributed by atoms with Crippen molar-refractivity contribution in [2.24, 2.45) is 0 Å². The first-order valence-electron chi connectivity index (χ1n) is 6.61. The summed E-state index contributed by atoms with van der Waals surface area (Å²) in [5, 5.41) is 4.31. The summed E-state index contributed by atoms with van der Waals surface area (Å²) in [6, 6.07) is 5.18. The molecular formula is C15H19FN2S. The molecule has 0 aliphatic heterocycles. The molecule has 0 spiro atoms. The highest BCUT2D eigenvalue weighted by molar-refractivity contribution is 7.15. The molecule has 0 amide bonds. The number of nitrogens with zero attached hydrogens (tertiary/aromatic N) is 1. The summed E-state index contributed by atoms with van der Waals surface area (Å²) in [6.45, 7) is 7.80. The maximum atomic E-state index is 13.3. The van der Waals surface area contributed by atoms with Gasteiger partial charge in [0.25, 0.3) is 0 Å². The van der Waals surface area contributed by atoms with Gasteiger partial charge in [-0.25, -0.2) is 9.37 Å². The van der Waals surface area contributed by atoms with Crippen molar-refractivity contribution in [3.63, 3.8) is 0 Å². The minimum absolute atomic E-state index is 0.163. The van der Waals surface area contributed by atoms with E-state index in [1.807, 2.05) is 6.07 Å². The number of rotatable bonds is 5. The first kappa shape index (κ1) is 14.2. The molecule has 0 unspecified atom stereocenters.